The van der Waals surface area contributed by atoms with Crippen molar-refractivity contribution in [2.45, 2.75) is 13.1 Å². The third-order valence-corrected chi connectivity index (χ3v) is 2.73. The van der Waals surface area contributed by atoms with Crippen molar-refractivity contribution in [3.8, 4) is 0 Å². The van der Waals surface area contributed by atoms with Crippen LogP contribution < -0.4 is 5.32 Å². The van der Waals surface area contributed by atoms with Crippen LogP contribution in [0.15, 0.2) is 24.9 Å². The van der Waals surface area contributed by atoms with Crippen LogP contribution >= 0.6 is 0 Å². The molecule has 1 aliphatic heterocycles. The molecule has 0 aromatic carbocycles. The summed E-state index contributed by atoms with van der Waals surface area (Å²) < 4.78 is 2.03. The van der Waals surface area contributed by atoms with Gasteiger partial charge in [0.15, 0.2) is 0 Å². The van der Waals surface area contributed by atoms with Gasteiger partial charge in [-0.05, 0) is 12.1 Å². The molecule has 16 heavy (non-hydrogen) atoms. The number of carbonyl (C=O) groups excluding carboxylic acids is 1. The largest absolute Gasteiger partial charge is 0.351 e. The highest BCUT2D eigenvalue weighted by atomic mass is 16.1. The summed E-state index contributed by atoms with van der Waals surface area (Å²) in [4.78, 5) is 13.3. The minimum Gasteiger partial charge on any atom is -0.351 e. The highest BCUT2D eigenvalue weighted by Crippen LogP contribution is 2.09. The van der Waals surface area contributed by atoms with E-state index < -0.39 is 0 Å². The van der Waals surface area contributed by atoms with Gasteiger partial charge in [-0.3, -0.25) is 14.4 Å². The second-order valence-electron chi connectivity index (χ2n) is 3.82. The normalized spacial score (nSPS) is 15.5. The van der Waals surface area contributed by atoms with Crippen molar-refractivity contribution in [3.05, 3.63) is 30.6 Å². The van der Waals surface area contributed by atoms with Gasteiger partial charge in [0.1, 0.15) is 0 Å². The van der Waals surface area contributed by atoms with Crippen LogP contribution in [0.2, 0.25) is 0 Å². The molecule has 0 unspecified atom stereocenters. The van der Waals surface area contributed by atoms with Crippen molar-refractivity contribution in [2.24, 2.45) is 0 Å². The van der Waals surface area contributed by atoms with E-state index in [9.17, 15) is 4.79 Å². The fourth-order valence-electron chi connectivity index (χ4n) is 1.84. The summed E-state index contributed by atoms with van der Waals surface area (Å²) in [6, 6.07) is 2.04. The average Bonchev–Trinajstić information content (AvgIpc) is 2.76. The molecule has 86 valence electrons. The van der Waals surface area contributed by atoms with Crippen molar-refractivity contribution < 1.29 is 4.79 Å². The first kappa shape index (κ1) is 10.9. The third kappa shape index (κ3) is 2.49. The van der Waals surface area contributed by atoms with Gasteiger partial charge < -0.3 is 5.32 Å². The number of hydrogen-bond donors (Lipinski definition) is 1. The standard InChI is InChI=1S/C11H16N4O/c1-2-11(16)12-5-6-14-7-8-15-10(9-14)3-4-13-15/h2-4H,1,5-9H2,(H,12,16). The molecule has 0 spiro atoms. The number of hydrogen-bond acceptors (Lipinski definition) is 3. The van der Waals surface area contributed by atoms with Crippen molar-refractivity contribution in [1.29, 1.82) is 0 Å². The Morgan fingerprint density at radius 1 is 1.62 bits per heavy atom. The maximum absolute atomic E-state index is 10.9. The molecule has 1 aromatic heterocycles. The van der Waals surface area contributed by atoms with Crippen LogP contribution in [0.1, 0.15) is 5.69 Å². The Kier molecular flexibility index (Phi) is 3.36. The fraction of sp³-hybridized carbons (Fsp3) is 0.455. The molecule has 5 nitrogen and oxygen atoms in total. The fourth-order valence-corrected chi connectivity index (χ4v) is 1.84. The molecular formula is C11H16N4O. The molecule has 2 heterocycles. The van der Waals surface area contributed by atoms with Crippen molar-refractivity contribution >= 4 is 5.91 Å². The summed E-state index contributed by atoms with van der Waals surface area (Å²) in [7, 11) is 0. The quantitative estimate of drug-likeness (QED) is 0.727. The van der Waals surface area contributed by atoms with E-state index in [4.69, 9.17) is 0 Å². The summed E-state index contributed by atoms with van der Waals surface area (Å²) >= 11 is 0. The molecule has 2 rings (SSSR count). The number of nitrogens with zero attached hydrogens (tertiary/aromatic N) is 3. The Morgan fingerprint density at radius 3 is 3.31 bits per heavy atom. The zero-order valence-electron chi connectivity index (χ0n) is 9.22. The molecule has 1 N–H and O–H groups in total. The Morgan fingerprint density at radius 2 is 2.50 bits per heavy atom. The molecule has 1 aromatic rings. The lowest BCUT2D eigenvalue weighted by molar-refractivity contribution is -0.116. The van der Waals surface area contributed by atoms with Crippen LogP contribution in [-0.2, 0) is 17.9 Å². The van der Waals surface area contributed by atoms with E-state index in [1.165, 1.54) is 11.8 Å². The first-order valence-corrected chi connectivity index (χ1v) is 5.43. The van der Waals surface area contributed by atoms with E-state index in [1.54, 1.807) is 0 Å². The number of nitrogens with one attached hydrogen (secondary N) is 1. The Bertz CT molecular complexity index is 385. The predicted molar refractivity (Wildman–Crippen MR) is 60.7 cm³/mol. The maximum atomic E-state index is 10.9. The molecule has 0 saturated heterocycles. The lowest BCUT2D eigenvalue weighted by Crippen LogP contribution is -2.39. The zero-order valence-corrected chi connectivity index (χ0v) is 9.22. The van der Waals surface area contributed by atoms with E-state index >= 15 is 0 Å². The van der Waals surface area contributed by atoms with Gasteiger partial charge in [0.2, 0.25) is 5.91 Å². The van der Waals surface area contributed by atoms with Gasteiger partial charge >= 0.3 is 0 Å². The van der Waals surface area contributed by atoms with E-state index in [1.807, 2.05) is 16.9 Å². The lowest BCUT2D eigenvalue weighted by atomic mass is 10.3. The molecule has 0 aliphatic carbocycles. The predicted octanol–water partition coefficient (Wildman–Crippen LogP) is 0.000900. The van der Waals surface area contributed by atoms with Gasteiger partial charge in [0.25, 0.3) is 0 Å². The number of amides is 1. The van der Waals surface area contributed by atoms with Crippen LogP contribution in [0.3, 0.4) is 0 Å². The molecule has 5 heteroatoms. The molecule has 1 amide bonds. The van der Waals surface area contributed by atoms with Gasteiger partial charge in [0, 0.05) is 32.4 Å². The zero-order chi connectivity index (χ0) is 11.4. The maximum Gasteiger partial charge on any atom is 0.243 e. The van der Waals surface area contributed by atoms with Crippen LogP contribution in [-0.4, -0.2) is 40.2 Å². The van der Waals surface area contributed by atoms with Gasteiger partial charge in [-0.25, -0.2) is 0 Å². The second-order valence-corrected chi connectivity index (χ2v) is 3.82. The van der Waals surface area contributed by atoms with Crippen molar-refractivity contribution in [1.82, 2.24) is 20.0 Å². The SMILES string of the molecule is C=CC(=O)NCCN1CCn2nccc2C1. The first-order valence-electron chi connectivity index (χ1n) is 5.43. The molecular weight excluding hydrogens is 204 g/mol. The summed E-state index contributed by atoms with van der Waals surface area (Å²) in [5, 5.41) is 7.00. The summed E-state index contributed by atoms with van der Waals surface area (Å²) in [5.74, 6) is -0.109. The first-order chi connectivity index (χ1) is 7.79. The number of fused-ring (bicyclic) bond motifs is 1. The minimum atomic E-state index is -0.109. The van der Waals surface area contributed by atoms with Crippen LogP contribution in [0.5, 0.6) is 0 Å². The van der Waals surface area contributed by atoms with Gasteiger partial charge in [-0.2, -0.15) is 5.10 Å². The topological polar surface area (TPSA) is 50.2 Å². The molecule has 1 aliphatic rings. The molecule has 0 bridgehead atoms. The third-order valence-electron chi connectivity index (χ3n) is 2.73. The Labute approximate surface area is 94.7 Å². The van der Waals surface area contributed by atoms with E-state index in [0.717, 1.165) is 26.2 Å². The summed E-state index contributed by atoms with van der Waals surface area (Å²) in [5.41, 5.74) is 1.24. The second kappa shape index (κ2) is 4.94. The molecule has 0 atom stereocenters. The van der Waals surface area contributed by atoms with E-state index in [-0.39, 0.29) is 5.91 Å². The number of rotatable bonds is 4. The van der Waals surface area contributed by atoms with Gasteiger partial charge in [-0.1, -0.05) is 6.58 Å². The average molecular weight is 220 g/mol. The highest BCUT2D eigenvalue weighted by Gasteiger charge is 2.15. The lowest BCUT2D eigenvalue weighted by Gasteiger charge is -2.27. The summed E-state index contributed by atoms with van der Waals surface area (Å²) in [6.45, 7) is 7.76. The van der Waals surface area contributed by atoms with Crippen LogP contribution in [0, 0.1) is 0 Å². The minimum absolute atomic E-state index is 0.109. The van der Waals surface area contributed by atoms with E-state index in [0.29, 0.717) is 6.54 Å². The molecule has 0 radical (unpaired) electrons. The molecule has 0 saturated carbocycles. The summed E-state index contributed by atoms with van der Waals surface area (Å²) in [6.07, 6.45) is 3.13. The monoisotopic (exact) mass is 220 g/mol. The Balaban J connectivity index is 1.77. The highest BCUT2D eigenvalue weighted by molar-refractivity contribution is 5.86. The van der Waals surface area contributed by atoms with Crippen molar-refractivity contribution in [2.75, 3.05) is 19.6 Å². The van der Waals surface area contributed by atoms with E-state index in [2.05, 4.69) is 21.9 Å². The Hall–Kier alpha value is -1.62. The van der Waals surface area contributed by atoms with Crippen LogP contribution in [0.25, 0.3) is 0 Å². The van der Waals surface area contributed by atoms with Crippen LogP contribution in [0.4, 0.5) is 0 Å². The molecule has 0 fully saturated rings. The number of carbonyl (C=O) groups is 1. The van der Waals surface area contributed by atoms with Crippen molar-refractivity contribution in [3.63, 3.8) is 0 Å². The van der Waals surface area contributed by atoms with Gasteiger partial charge in [0.05, 0.1) is 12.2 Å². The number of aromatic nitrogens is 2. The van der Waals surface area contributed by atoms with Gasteiger partial charge in [-0.15, -0.1) is 0 Å². The smallest absolute Gasteiger partial charge is 0.243 e.